The molecule has 0 aliphatic carbocycles. The number of rotatable bonds is 4. The maximum absolute atomic E-state index is 13.9. The van der Waals surface area contributed by atoms with Crippen LogP contribution in [0.1, 0.15) is 17.2 Å². The molecule has 0 radical (unpaired) electrons. The van der Waals surface area contributed by atoms with Gasteiger partial charge in [-0.15, -0.1) is 0 Å². The van der Waals surface area contributed by atoms with E-state index in [4.69, 9.17) is 4.74 Å². The Morgan fingerprint density at radius 2 is 1.69 bits per heavy atom. The van der Waals surface area contributed by atoms with Gasteiger partial charge in [0.1, 0.15) is 42.1 Å². The number of halogens is 1. The summed E-state index contributed by atoms with van der Waals surface area (Å²) in [5, 5.41) is 50.2. The molecule has 0 saturated carbocycles. The fourth-order valence-electron chi connectivity index (χ4n) is 3.81. The molecule has 1 fully saturated rings. The standard InChI is InChI=1S/C21H22FNO6/c22-12-3-6-14-15(21-20(28)19(27)18(26)17(10-24)29-21)9-23(16(14)7-12)8-11-1-4-13(25)5-2-11/h1-7,9,17-21,24-28H,8,10H2/t17-,18-,19+,20-,21+/m1/s1. The van der Waals surface area contributed by atoms with E-state index < -0.39 is 42.9 Å². The number of phenols is 1. The molecule has 0 spiro atoms. The topological polar surface area (TPSA) is 115 Å². The molecule has 1 saturated heterocycles. The van der Waals surface area contributed by atoms with E-state index in [1.165, 1.54) is 12.1 Å². The molecule has 8 heteroatoms. The smallest absolute Gasteiger partial charge is 0.125 e. The van der Waals surface area contributed by atoms with E-state index in [0.29, 0.717) is 23.0 Å². The van der Waals surface area contributed by atoms with Gasteiger partial charge in [-0.3, -0.25) is 0 Å². The van der Waals surface area contributed by atoms with Crippen LogP contribution in [0, 0.1) is 5.82 Å². The van der Waals surface area contributed by atoms with Crippen LogP contribution in [-0.4, -0.2) is 61.1 Å². The summed E-state index contributed by atoms with van der Waals surface area (Å²) in [5.74, 6) is -0.290. The molecule has 2 aromatic carbocycles. The predicted molar refractivity (Wildman–Crippen MR) is 102 cm³/mol. The van der Waals surface area contributed by atoms with Crippen molar-refractivity contribution in [1.82, 2.24) is 4.57 Å². The molecule has 0 amide bonds. The highest BCUT2D eigenvalue weighted by Gasteiger charge is 2.44. The number of phenolic OH excluding ortho intramolecular Hbond substituents is 1. The number of ether oxygens (including phenoxy) is 1. The third kappa shape index (κ3) is 3.61. The molecule has 0 unspecified atom stereocenters. The van der Waals surface area contributed by atoms with Crippen molar-refractivity contribution >= 4 is 10.9 Å². The molecule has 154 valence electrons. The highest BCUT2D eigenvalue weighted by molar-refractivity contribution is 5.84. The quantitative estimate of drug-likeness (QED) is 0.445. The number of hydrogen-bond donors (Lipinski definition) is 5. The summed E-state index contributed by atoms with van der Waals surface area (Å²) in [4.78, 5) is 0. The minimum atomic E-state index is -1.50. The molecule has 4 rings (SSSR count). The van der Waals surface area contributed by atoms with Crippen LogP contribution in [0.5, 0.6) is 5.75 Å². The molecule has 0 bridgehead atoms. The summed E-state index contributed by atoms with van der Waals surface area (Å²) >= 11 is 0. The average molecular weight is 403 g/mol. The van der Waals surface area contributed by atoms with E-state index in [-0.39, 0.29) is 5.75 Å². The second-order valence-electron chi connectivity index (χ2n) is 7.29. The maximum atomic E-state index is 13.9. The van der Waals surface area contributed by atoms with E-state index in [0.717, 1.165) is 5.56 Å². The van der Waals surface area contributed by atoms with Gasteiger partial charge in [0.15, 0.2) is 0 Å². The van der Waals surface area contributed by atoms with E-state index in [9.17, 15) is 29.9 Å². The Balaban J connectivity index is 1.77. The number of benzene rings is 2. The molecule has 1 aliphatic rings. The summed E-state index contributed by atoms with van der Waals surface area (Å²) < 4.78 is 21.4. The Hall–Kier alpha value is -2.49. The van der Waals surface area contributed by atoms with E-state index in [1.807, 2.05) is 0 Å². The lowest BCUT2D eigenvalue weighted by molar-refractivity contribution is -0.231. The molecule has 3 aromatic rings. The van der Waals surface area contributed by atoms with Crippen LogP contribution < -0.4 is 0 Å². The normalized spacial score (nSPS) is 27.4. The van der Waals surface area contributed by atoms with Gasteiger partial charge in [-0.1, -0.05) is 12.1 Å². The molecular weight excluding hydrogens is 381 g/mol. The Bertz CT molecular complexity index is 1000. The first kappa shape index (κ1) is 19.8. The van der Waals surface area contributed by atoms with Crippen molar-refractivity contribution in [3.63, 3.8) is 0 Å². The summed E-state index contributed by atoms with van der Waals surface area (Å²) in [5.41, 5.74) is 1.94. The van der Waals surface area contributed by atoms with Gasteiger partial charge in [0.2, 0.25) is 0 Å². The van der Waals surface area contributed by atoms with Gasteiger partial charge in [-0.25, -0.2) is 4.39 Å². The third-order valence-electron chi connectivity index (χ3n) is 5.36. The second kappa shape index (κ2) is 7.74. The molecule has 29 heavy (non-hydrogen) atoms. The number of aromatic nitrogens is 1. The summed E-state index contributed by atoms with van der Waals surface area (Å²) in [6.45, 7) is -0.153. The van der Waals surface area contributed by atoms with Crippen molar-refractivity contribution in [1.29, 1.82) is 0 Å². The molecule has 1 aromatic heterocycles. The average Bonchev–Trinajstić information content (AvgIpc) is 3.05. The monoisotopic (exact) mass is 403 g/mol. The van der Waals surface area contributed by atoms with Gasteiger partial charge in [0.25, 0.3) is 0 Å². The van der Waals surface area contributed by atoms with Gasteiger partial charge in [-0.05, 0) is 35.9 Å². The fraction of sp³-hybridized carbons (Fsp3) is 0.333. The van der Waals surface area contributed by atoms with Crippen LogP contribution in [0.25, 0.3) is 10.9 Å². The summed E-state index contributed by atoms with van der Waals surface area (Å²) in [6, 6.07) is 10.8. The van der Waals surface area contributed by atoms with Crippen LogP contribution >= 0.6 is 0 Å². The second-order valence-corrected chi connectivity index (χ2v) is 7.29. The maximum Gasteiger partial charge on any atom is 0.125 e. The lowest BCUT2D eigenvalue weighted by atomic mass is 9.91. The fourth-order valence-corrected chi connectivity index (χ4v) is 3.81. The number of fused-ring (bicyclic) bond motifs is 1. The Labute approximate surface area is 165 Å². The molecule has 1 aliphatic heterocycles. The number of aromatic hydroxyl groups is 1. The van der Waals surface area contributed by atoms with Crippen LogP contribution in [0.3, 0.4) is 0 Å². The third-order valence-corrected chi connectivity index (χ3v) is 5.36. The van der Waals surface area contributed by atoms with Crippen molar-refractivity contribution in [2.24, 2.45) is 0 Å². The minimum Gasteiger partial charge on any atom is -0.508 e. The SMILES string of the molecule is OC[C@H]1O[C@@H](c2cn(Cc3ccc(O)cc3)c3cc(F)ccc23)[C@H](O)[C@@H](O)[C@@H]1O. The minimum absolute atomic E-state index is 0.138. The van der Waals surface area contributed by atoms with Crippen LogP contribution in [0.15, 0.2) is 48.7 Å². The predicted octanol–water partition coefficient (Wildman–Crippen LogP) is 1.05. The van der Waals surface area contributed by atoms with E-state index in [1.54, 1.807) is 41.1 Å². The summed E-state index contributed by atoms with van der Waals surface area (Å²) in [7, 11) is 0. The van der Waals surface area contributed by atoms with Crippen LogP contribution in [-0.2, 0) is 11.3 Å². The molecule has 5 atom stereocenters. The number of aliphatic hydroxyl groups is 4. The lowest BCUT2D eigenvalue weighted by Gasteiger charge is -2.40. The highest BCUT2D eigenvalue weighted by Crippen LogP contribution is 2.37. The zero-order chi connectivity index (χ0) is 20.7. The van der Waals surface area contributed by atoms with Gasteiger partial charge >= 0.3 is 0 Å². The first-order valence-corrected chi connectivity index (χ1v) is 9.25. The first-order chi connectivity index (χ1) is 13.9. The van der Waals surface area contributed by atoms with Gasteiger partial charge < -0.3 is 34.8 Å². The van der Waals surface area contributed by atoms with Crippen molar-refractivity contribution in [2.45, 2.75) is 37.1 Å². The molecule has 7 nitrogen and oxygen atoms in total. The largest absolute Gasteiger partial charge is 0.508 e. The highest BCUT2D eigenvalue weighted by atomic mass is 19.1. The Morgan fingerprint density at radius 1 is 0.966 bits per heavy atom. The Morgan fingerprint density at radius 3 is 2.38 bits per heavy atom. The van der Waals surface area contributed by atoms with Crippen molar-refractivity contribution in [2.75, 3.05) is 6.61 Å². The van der Waals surface area contributed by atoms with E-state index >= 15 is 0 Å². The van der Waals surface area contributed by atoms with Crippen LogP contribution in [0.4, 0.5) is 4.39 Å². The van der Waals surface area contributed by atoms with Gasteiger partial charge in [-0.2, -0.15) is 0 Å². The zero-order valence-electron chi connectivity index (χ0n) is 15.4. The number of nitrogens with zero attached hydrogens (tertiary/aromatic N) is 1. The number of hydrogen-bond acceptors (Lipinski definition) is 6. The first-order valence-electron chi connectivity index (χ1n) is 9.25. The molecule has 2 heterocycles. The number of aliphatic hydroxyl groups excluding tert-OH is 4. The van der Waals surface area contributed by atoms with Crippen molar-refractivity contribution < 1.29 is 34.7 Å². The van der Waals surface area contributed by atoms with Crippen molar-refractivity contribution in [3.8, 4) is 5.75 Å². The van der Waals surface area contributed by atoms with Gasteiger partial charge in [0.05, 0.1) is 12.1 Å². The van der Waals surface area contributed by atoms with E-state index in [2.05, 4.69) is 0 Å². The van der Waals surface area contributed by atoms with Crippen molar-refractivity contribution in [3.05, 3.63) is 65.6 Å². The van der Waals surface area contributed by atoms with Gasteiger partial charge in [0, 0.05) is 23.7 Å². The molecule has 5 N–H and O–H groups in total. The lowest BCUT2D eigenvalue weighted by Crippen LogP contribution is -2.55. The Kier molecular flexibility index (Phi) is 5.28. The van der Waals surface area contributed by atoms with Crippen LogP contribution in [0.2, 0.25) is 0 Å². The summed E-state index contributed by atoms with van der Waals surface area (Å²) in [6.07, 6.45) is -4.72. The molecular formula is C21H22FNO6. The zero-order valence-corrected chi connectivity index (χ0v) is 15.4.